The zero-order valence-corrected chi connectivity index (χ0v) is 11.7. The molecule has 0 spiro atoms. The zero-order chi connectivity index (χ0) is 14.8. The van der Waals surface area contributed by atoms with Crippen molar-refractivity contribution in [3.05, 3.63) is 70.8 Å². The second kappa shape index (κ2) is 5.42. The molecule has 1 N–H and O–H groups in total. The van der Waals surface area contributed by atoms with Gasteiger partial charge in [-0.15, -0.1) is 0 Å². The minimum Gasteiger partial charge on any atom is -0.267 e. The number of halogens is 1. The lowest BCUT2D eigenvalue weighted by Gasteiger charge is -2.13. The Kier molecular flexibility index (Phi) is 3.46. The SMILES string of the molecule is O=C1NN(c2ccccc2)C(=O)/C1=C\c1ccc(Cl)cc1. The Morgan fingerprint density at radius 3 is 2.29 bits per heavy atom. The smallest absolute Gasteiger partial charge is 0.267 e. The topological polar surface area (TPSA) is 49.4 Å². The van der Waals surface area contributed by atoms with Crippen LogP contribution in [0.4, 0.5) is 5.69 Å². The molecule has 4 nitrogen and oxygen atoms in total. The summed E-state index contributed by atoms with van der Waals surface area (Å²) in [5.41, 5.74) is 4.01. The molecule has 2 aromatic carbocycles. The number of nitrogens with zero attached hydrogens (tertiary/aromatic N) is 1. The summed E-state index contributed by atoms with van der Waals surface area (Å²) in [6, 6.07) is 15.9. The summed E-state index contributed by atoms with van der Waals surface area (Å²) in [6.45, 7) is 0. The number of amides is 2. The molecule has 1 aliphatic rings. The van der Waals surface area contributed by atoms with Gasteiger partial charge < -0.3 is 0 Å². The van der Waals surface area contributed by atoms with E-state index in [0.29, 0.717) is 10.7 Å². The van der Waals surface area contributed by atoms with Gasteiger partial charge in [0.05, 0.1) is 5.69 Å². The van der Waals surface area contributed by atoms with E-state index in [9.17, 15) is 9.59 Å². The number of hydrogen-bond donors (Lipinski definition) is 1. The average molecular weight is 299 g/mol. The molecule has 2 aromatic rings. The molecule has 0 aliphatic carbocycles. The number of hydrogen-bond acceptors (Lipinski definition) is 2. The number of benzene rings is 2. The van der Waals surface area contributed by atoms with E-state index in [-0.39, 0.29) is 11.5 Å². The van der Waals surface area contributed by atoms with Crippen LogP contribution in [0.25, 0.3) is 6.08 Å². The fourth-order valence-electron chi connectivity index (χ4n) is 2.04. The lowest BCUT2D eigenvalue weighted by molar-refractivity contribution is -0.117. The molecule has 1 saturated heterocycles. The first-order valence-electron chi connectivity index (χ1n) is 6.33. The minimum atomic E-state index is -0.418. The minimum absolute atomic E-state index is 0.0983. The van der Waals surface area contributed by atoms with Gasteiger partial charge in [-0.05, 0) is 35.9 Å². The molecule has 104 valence electrons. The van der Waals surface area contributed by atoms with E-state index in [4.69, 9.17) is 11.6 Å². The molecule has 21 heavy (non-hydrogen) atoms. The van der Waals surface area contributed by atoms with Crippen LogP contribution in [-0.4, -0.2) is 11.8 Å². The summed E-state index contributed by atoms with van der Waals surface area (Å²) in [7, 11) is 0. The van der Waals surface area contributed by atoms with Gasteiger partial charge in [-0.25, -0.2) is 5.01 Å². The second-order valence-corrected chi connectivity index (χ2v) is 4.96. The molecule has 1 heterocycles. The van der Waals surface area contributed by atoms with Gasteiger partial charge in [0.15, 0.2) is 0 Å². The Bertz CT molecular complexity index is 724. The van der Waals surface area contributed by atoms with Crippen LogP contribution in [0, 0.1) is 0 Å². The average Bonchev–Trinajstić information content (AvgIpc) is 2.78. The Morgan fingerprint density at radius 1 is 0.952 bits per heavy atom. The van der Waals surface area contributed by atoms with Crippen LogP contribution in [0.15, 0.2) is 60.2 Å². The Morgan fingerprint density at radius 2 is 1.62 bits per heavy atom. The normalized spacial score (nSPS) is 16.4. The predicted octanol–water partition coefficient (Wildman–Crippen LogP) is 2.80. The molecular weight excluding hydrogens is 288 g/mol. The van der Waals surface area contributed by atoms with Crippen LogP contribution in [0.1, 0.15) is 5.56 Å². The van der Waals surface area contributed by atoms with Crippen molar-refractivity contribution in [2.24, 2.45) is 0 Å². The van der Waals surface area contributed by atoms with Crippen molar-refractivity contribution in [1.29, 1.82) is 0 Å². The number of carbonyl (C=O) groups is 2. The Labute approximate surface area is 126 Å². The van der Waals surface area contributed by atoms with E-state index in [1.807, 2.05) is 6.07 Å². The maximum absolute atomic E-state index is 12.3. The van der Waals surface area contributed by atoms with Crippen LogP contribution in [0.3, 0.4) is 0 Å². The molecule has 2 amide bonds. The van der Waals surface area contributed by atoms with Crippen molar-refractivity contribution < 1.29 is 9.59 Å². The molecule has 0 bridgehead atoms. The molecule has 1 aliphatic heterocycles. The fourth-order valence-corrected chi connectivity index (χ4v) is 2.17. The summed E-state index contributed by atoms with van der Waals surface area (Å²) in [5.74, 6) is -0.792. The van der Waals surface area contributed by atoms with Crippen LogP contribution < -0.4 is 10.4 Å². The molecule has 0 atom stereocenters. The number of carbonyl (C=O) groups excluding carboxylic acids is 2. The molecule has 3 rings (SSSR count). The highest BCUT2D eigenvalue weighted by molar-refractivity contribution is 6.32. The third kappa shape index (κ3) is 2.66. The highest BCUT2D eigenvalue weighted by Crippen LogP contribution is 2.21. The van der Waals surface area contributed by atoms with Gasteiger partial charge in [0.1, 0.15) is 5.57 Å². The number of rotatable bonds is 2. The van der Waals surface area contributed by atoms with Gasteiger partial charge in [0.25, 0.3) is 11.8 Å². The predicted molar refractivity (Wildman–Crippen MR) is 81.5 cm³/mol. The van der Waals surface area contributed by atoms with E-state index < -0.39 is 5.91 Å². The molecule has 0 aromatic heterocycles. The zero-order valence-electron chi connectivity index (χ0n) is 10.9. The lowest BCUT2D eigenvalue weighted by Crippen LogP contribution is -2.35. The van der Waals surface area contributed by atoms with Gasteiger partial charge in [0.2, 0.25) is 0 Å². The quantitative estimate of drug-likeness (QED) is 0.684. The summed E-state index contributed by atoms with van der Waals surface area (Å²) in [6.07, 6.45) is 1.55. The third-order valence-electron chi connectivity index (χ3n) is 3.09. The van der Waals surface area contributed by atoms with Crippen molar-refractivity contribution in [2.75, 3.05) is 5.01 Å². The highest BCUT2D eigenvalue weighted by atomic mass is 35.5. The third-order valence-corrected chi connectivity index (χ3v) is 3.34. The summed E-state index contributed by atoms with van der Waals surface area (Å²) in [5, 5.41) is 1.84. The van der Waals surface area contributed by atoms with Crippen LogP contribution in [0.5, 0.6) is 0 Å². The van der Waals surface area contributed by atoms with Gasteiger partial charge in [-0.3, -0.25) is 15.0 Å². The van der Waals surface area contributed by atoms with E-state index in [1.54, 1.807) is 54.6 Å². The van der Waals surface area contributed by atoms with Gasteiger partial charge in [-0.1, -0.05) is 41.9 Å². The van der Waals surface area contributed by atoms with Crippen molar-refractivity contribution in [1.82, 2.24) is 5.43 Å². The van der Waals surface area contributed by atoms with E-state index in [2.05, 4.69) is 5.43 Å². The highest BCUT2D eigenvalue weighted by Gasteiger charge is 2.34. The lowest BCUT2D eigenvalue weighted by atomic mass is 10.1. The van der Waals surface area contributed by atoms with Gasteiger partial charge >= 0.3 is 0 Å². The first-order valence-corrected chi connectivity index (χ1v) is 6.71. The molecule has 0 unspecified atom stereocenters. The van der Waals surface area contributed by atoms with Crippen molar-refractivity contribution >= 4 is 35.2 Å². The first-order chi connectivity index (χ1) is 10.1. The van der Waals surface area contributed by atoms with E-state index in [1.165, 1.54) is 5.01 Å². The molecule has 5 heteroatoms. The van der Waals surface area contributed by atoms with Crippen molar-refractivity contribution in [3.8, 4) is 0 Å². The molecule has 0 radical (unpaired) electrons. The Hall–Kier alpha value is -2.59. The van der Waals surface area contributed by atoms with Crippen molar-refractivity contribution in [3.63, 3.8) is 0 Å². The van der Waals surface area contributed by atoms with Gasteiger partial charge in [0, 0.05) is 5.02 Å². The largest absolute Gasteiger partial charge is 0.282 e. The fraction of sp³-hybridized carbons (Fsp3) is 0. The Balaban J connectivity index is 1.92. The van der Waals surface area contributed by atoms with E-state index >= 15 is 0 Å². The van der Waals surface area contributed by atoms with Crippen LogP contribution in [0.2, 0.25) is 5.02 Å². The first kappa shape index (κ1) is 13.4. The summed E-state index contributed by atoms with van der Waals surface area (Å²) < 4.78 is 0. The second-order valence-electron chi connectivity index (χ2n) is 4.53. The van der Waals surface area contributed by atoms with Crippen LogP contribution in [-0.2, 0) is 9.59 Å². The van der Waals surface area contributed by atoms with Crippen molar-refractivity contribution in [2.45, 2.75) is 0 Å². The maximum atomic E-state index is 12.3. The number of para-hydroxylation sites is 1. The maximum Gasteiger partial charge on any atom is 0.282 e. The summed E-state index contributed by atoms with van der Waals surface area (Å²) in [4.78, 5) is 24.3. The summed E-state index contributed by atoms with van der Waals surface area (Å²) >= 11 is 5.81. The molecule has 0 saturated carbocycles. The monoisotopic (exact) mass is 298 g/mol. The van der Waals surface area contributed by atoms with E-state index in [0.717, 1.165) is 5.56 Å². The number of hydrazine groups is 1. The standard InChI is InChI=1S/C16H11ClN2O2/c17-12-8-6-11(7-9-12)10-14-15(20)18-19(16(14)21)13-4-2-1-3-5-13/h1-10H,(H,18,20)/b14-10-. The number of nitrogens with one attached hydrogen (secondary N) is 1. The van der Waals surface area contributed by atoms with Gasteiger partial charge in [-0.2, -0.15) is 0 Å². The molecule has 1 fully saturated rings. The van der Waals surface area contributed by atoms with Crippen LogP contribution >= 0.6 is 11.6 Å². The molecular formula is C16H11ClN2O2. The number of anilines is 1.